The topological polar surface area (TPSA) is 41.5 Å². The highest BCUT2D eigenvalue weighted by Crippen LogP contribution is 1.89. The summed E-state index contributed by atoms with van der Waals surface area (Å²) in [5.41, 5.74) is 0. The minimum atomic E-state index is -0.315. The van der Waals surface area contributed by atoms with E-state index in [0.29, 0.717) is 6.61 Å². The first-order valence-corrected chi connectivity index (χ1v) is 4.19. The molecule has 3 heteroatoms. The Hall–Kier alpha value is -0.120. The lowest BCUT2D eigenvalue weighted by atomic mass is 10.2. The van der Waals surface area contributed by atoms with Crippen molar-refractivity contribution in [3.8, 4) is 0 Å². The molecule has 0 rings (SSSR count). The summed E-state index contributed by atoms with van der Waals surface area (Å²) in [5, 5.41) is 12.4. The second kappa shape index (κ2) is 7.98. The monoisotopic (exact) mass is 161 g/mol. The van der Waals surface area contributed by atoms with Gasteiger partial charge in [-0.2, -0.15) is 0 Å². The highest BCUT2D eigenvalue weighted by Gasteiger charge is 2.00. The summed E-state index contributed by atoms with van der Waals surface area (Å²) < 4.78 is 4.78. The number of aliphatic hydroxyl groups is 1. The Morgan fingerprint density at radius 3 is 2.73 bits per heavy atom. The van der Waals surface area contributed by atoms with Gasteiger partial charge in [-0.05, 0) is 25.9 Å². The quantitative estimate of drug-likeness (QED) is 0.530. The second-order valence-corrected chi connectivity index (χ2v) is 2.65. The van der Waals surface area contributed by atoms with Gasteiger partial charge in [0.25, 0.3) is 0 Å². The fourth-order valence-corrected chi connectivity index (χ4v) is 0.846. The number of hydrogen-bond donors (Lipinski definition) is 2. The molecule has 2 N–H and O–H groups in total. The summed E-state index contributed by atoms with van der Waals surface area (Å²) in [4.78, 5) is 0. The van der Waals surface area contributed by atoms with Crippen LogP contribution in [0.5, 0.6) is 0 Å². The summed E-state index contributed by atoms with van der Waals surface area (Å²) in [6.45, 7) is 4.46. The van der Waals surface area contributed by atoms with Crippen LogP contribution < -0.4 is 5.32 Å². The summed E-state index contributed by atoms with van der Waals surface area (Å²) in [6.07, 6.45) is 1.60. The van der Waals surface area contributed by atoms with E-state index < -0.39 is 0 Å². The minimum absolute atomic E-state index is 0.315. The molecule has 0 aliphatic carbocycles. The Balaban J connectivity index is 2.97. The molecule has 11 heavy (non-hydrogen) atoms. The standard InChI is InChI=1S/C8H19NO2/c1-3-5-9-6-4-8(10)7-11-2/h8-10H,3-7H2,1-2H3. The molecule has 0 aromatic rings. The molecule has 0 bridgehead atoms. The maximum absolute atomic E-state index is 9.18. The fourth-order valence-electron chi connectivity index (χ4n) is 0.846. The first-order valence-electron chi connectivity index (χ1n) is 4.19. The third-order valence-corrected chi connectivity index (χ3v) is 1.44. The molecule has 0 radical (unpaired) electrons. The molecule has 0 spiro atoms. The van der Waals surface area contributed by atoms with Crippen LogP contribution in [0.2, 0.25) is 0 Å². The van der Waals surface area contributed by atoms with E-state index in [1.54, 1.807) is 7.11 Å². The zero-order valence-electron chi connectivity index (χ0n) is 7.47. The predicted molar refractivity (Wildman–Crippen MR) is 45.7 cm³/mol. The Morgan fingerprint density at radius 1 is 1.45 bits per heavy atom. The molecule has 0 amide bonds. The van der Waals surface area contributed by atoms with Crippen molar-refractivity contribution in [1.29, 1.82) is 0 Å². The Labute approximate surface area is 68.8 Å². The molecule has 0 fully saturated rings. The average molecular weight is 161 g/mol. The van der Waals surface area contributed by atoms with E-state index in [4.69, 9.17) is 4.74 Å². The Bertz CT molecular complexity index is 78.5. The maximum atomic E-state index is 9.18. The van der Waals surface area contributed by atoms with Gasteiger partial charge in [0.1, 0.15) is 0 Å². The van der Waals surface area contributed by atoms with Crippen molar-refractivity contribution in [3.63, 3.8) is 0 Å². The number of methoxy groups -OCH3 is 1. The van der Waals surface area contributed by atoms with Gasteiger partial charge in [-0.3, -0.25) is 0 Å². The Morgan fingerprint density at radius 2 is 2.18 bits per heavy atom. The van der Waals surface area contributed by atoms with Crippen molar-refractivity contribution in [2.75, 3.05) is 26.8 Å². The van der Waals surface area contributed by atoms with E-state index in [9.17, 15) is 5.11 Å². The zero-order chi connectivity index (χ0) is 8.53. The van der Waals surface area contributed by atoms with E-state index in [-0.39, 0.29) is 6.10 Å². The van der Waals surface area contributed by atoms with Crippen molar-refractivity contribution in [3.05, 3.63) is 0 Å². The number of rotatable bonds is 7. The molecule has 0 saturated heterocycles. The van der Waals surface area contributed by atoms with Crippen molar-refractivity contribution in [2.24, 2.45) is 0 Å². The summed E-state index contributed by atoms with van der Waals surface area (Å²) in [5.74, 6) is 0. The van der Waals surface area contributed by atoms with Gasteiger partial charge in [-0.25, -0.2) is 0 Å². The lowest BCUT2D eigenvalue weighted by Gasteiger charge is -2.08. The molecule has 0 aromatic heterocycles. The molecule has 0 aliphatic heterocycles. The molecular formula is C8H19NO2. The smallest absolute Gasteiger partial charge is 0.0785 e. The van der Waals surface area contributed by atoms with Gasteiger partial charge in [0.05, 0.1) is 12.7 Å². The van der Waals surface area contributed by atoms with E-state index in [0.717, 1.165) is 25.9 Å². The van der Waals surface area contributed by atoms with E-state index in [2.05, 4.69) is 12.2 Å². The summed E-state index contributed by atoms with van der Waals surface area (Å²) >= 11 is 0. The van der Waals surface area contributed by atoms with Gasteiger partial charge in [-0.1, -0.05) is 6.92 Å². The van der Waals surface area contributed by atoms with Crippen molar-refractivity contribution >= 4 is 0 Å². The molecule has 68 valence electrons. The molecule has 3 nitrogen and oxygen atoms in total. The number of aliphatic hydroxyl groups excluding tert-OH is 1. The number of hydrogen-bond acceptors (Lipinski definition) is 3. The van der Waals surface area contributed by atoms with E-state index in [1.807, 2.05) is 0 Å². The van der Waals surface area contributed by atoms with Gasteiger partial charge in [0.15, 0.2) is 0 Å². The van der Waals surface area contributed by atoms with Crippen molar-refractivity contribution in [1.82, 2.24) is 5.32 Å². The largest absolute Gasteiger partial charge is 0.391 e. The van der Waals surface area contributed by atoms with Crippen molar-refractivity contribution in [2.45, 2.75) is 25.9 Å². The predicted octanol–water partition coefficient (Wildman–Crippen LogP) is 0.383. The molecule has 0 heterocycles. The van der Waals surface area contributed by atoms with Gasteiger partial charge in [0, 0.05) is 7.11 Å². The van der Waals surface area contributed by atoms with Crippen LogP contribution in [0.25, 0.3) is 0 Å². The fraction of sp³-hybridized carbons (Fsp3) is 1.00. The molecule has 1 unspecified atom stereocenters. The molecule has 0 aromatic carbocycles. The van der Waals surface area contributed by atoms with E-state index in [1.165, 1.54) is 0 Å². The number of ether oxygens (including phenoxy) is 1. The maximum Gasteiger partial charge on any atom is 0.0785 e. The van der Waals surface area contributed by atoms with Gasteiger partial charge < -0.3 is 15.2 Å². The van der Waals surface area contributed by atoms with Crippen LogP contribution >= 0.6 is 0 Å². The van der Waals surface area contributed by atoms with Gasteiger partial charge in [0.2, 0.25) is 0 Å². The van der Waals surface area contributed by atoms with Crippen LogP contribution in [0.15, 0.2) is 0 Å². The SMILES string of the molecule is CCCNCCC(O)COC. The van der Waals surface area contributed by atoms with Gasteiger partial charge >= 0.3 is 0 Å². The lowest BCUT2D eigenvalue weighted by molar-refractivity contribution is 0.0595. The molecule has 1 atom stereocenters. The molecule has 0 aliphatic rings. The normalized spacial score (nSPS) is 13.4. The minimum Gasteiger partial charge on any atom is -0.391 e. The number of nitrogens with one attached hydrogen (secondary N) is 1. The average Bonchev–Trinajstić information content (AvgIpc) is 1.99. The third-order valence-electron chi connectivity index (χ3n) is 1.44. The first kappa shape index (κ1) is 10.9. The zero-order valence-corrected chi connectivity index (χ0v) is 7.47. The summed E-state index contributed by atoms with van der Waals surface area (Å²) in [7, 11) is 1.60. The lowest BCUT2D eigenvalue weighted by Crippen LogP contribution is -2.23. The highest BCUT2D eigenvalue weighted by molar-refractivity contribution is 4.55. The third kappa shape index (κ3) is 7.78. The highest BCUT2D eigenvalue weighted by atomic mass is 16.5. The van der Waals surface area contributed by atoms with Crippen LogP contribution in [-0.2, 0) is 4.74 Å². The van der Waals surface area contributed by atoms with Crippen molar-refractivity contribution < 1.29 is 9.84 Å². The van der Waals surface area contributed by atoms with Crippen LogP contribution in [-0.4, -0.2) is 38.0 Å². The van der Waals surface area contributed by atoms with Gasteiger partial charge in [-0.15, -0.1) is 0 Å². The molecular weight excluding hydrogens is 142 g/mol. The van der Waals surface area contributed by atoms with Crippen LogP contribution in [0.1, 0.15) is 19.8 Å². The van der Waals surface area contributed by atoms with Crippen LogP contribution in [0.4, 0.5) is 0 Å². The first-order chi connectivity index (χ1) is 5.31. The van der Waals surface area contributed by atoms with Crippen LogP contribution in [0.3, 0.4) is 0 Å². The van der Waals surface area contributed by atoms with E-state index >= 15 is 0 Å². The van der Waals surface area contributed by atoms with Crippen LogP contribution in [0, 0.1) is 0 Å². The summed E-state index contributed by atoms with van der Waals surface area (Å²) in [6, 6.07) is 0. The Kier molecular flexibility index (Phi) is 7.89. The second-order valence-electron chi connectivity index (χ2n) is 2.65. The molecule has 0 saturated carbocycles.